The molecule has 0 aliphatic heterocycles. The van der Waals surface area contributed by atoms with Gasteiger partial charge in [0.05, 0.1) is 6.42 Å². The summed E-state index contributed by atoms with van der Waals surface area (Å²) in [6, 6.07) is 0. The maximum Gasteiger partial charge on any atom is 0.305 e. The third-order valence-electron chi connectivity index (χ3n) is 1.63. The Balaban J connectivity index is 3.81. The maximum atomic E-state index is 11.1. The summed E-state index contributed by atoms with van der Waals surface area (Å²) in [6.45, 7) is 1.72. The van der Waals surface area contributed by atoms with Crippen LogP contribution >= 0.6 is 0 Å². The smallest absolute Gasteiger partial charge is 0.305 e. The van der Waals surface area contributed by atoms with Gasteiger partial charge in [-0.05, 0) is 6.42 Å². The average molecular weight is 189 g/mol. The number of aliphatic carboxylic acids is 1. The van der Waals surface area contributed by atoms with E-state index < -0.39 is 17.5 Å². The zero-order valence-corrected chi connectivity index (χ0v) is 7.54. The van der Waals surface area contributed by atoms with Gasteiger partial charge in [-0.25, -0.2) is 0 Å². The van der Waals surface area contributed by atoms with Crippen LogP contribution in [0.4, 0.5) is 0 Å². The highest BCUT2D eigenvalue weighted by atomic mass is 16.4. The van der Waals surface area contributed by atoms with E-state index in [1.807, 2.05) is 0 Å². The van der Waals surface area contributed by atoms with Crippen molar-refractivity contribution in [3.8, 4) is 0 Å². The van der Waals surface area contributed by atoms with E-state index in [1.165, 1.54) is 0 Å². The van der Waals surface area contributed by atoms with Gasteiger partial charge in [0.15, 0.2) is 0 Å². The van der Waals surface area contributed by atoms with Crippen LogP contribution in [-0.4, -0.2) is 29.2 Å². The van der Waals surface area contributed by atoms with E-state index >= 15 is 0 Å². The summed E-state index contributed by atoms with van der Waals surface area (Å²) >= 11 is 0. The number of rotatable bonds is 5. The molecular weight excluding hydrogens is 174 g/mol. The Morgan fingerprint density at radius 3 is 2.38 bits per heavy atom. The lowest BCUT2D eigenvalue weighted by Gasteiger charge is -2.20. The first-order valence-corrected chi connectivity index (χ1v) is 3.98. The summed E-state index contributed by atoms with van der Waals surface area (Å²) in [7, 11) is 0. The fraction of sp³-hybridized carbons (Fsp3) is 0.714. The van der Waals surface area contributed by atoms with Crippen LogP contribution in [0.2, 0.25) is 0 Å². The summed E-state index contributed by atoms with van der Waals surface area (Å²) in [5, 5.41) is 10.6. The summed E-state index contributed by atoms with van der Waals surface area (Å²) < 4.78 is 0. The summed E-state index contributed by atoms with van der Waals surface area (Å²) in [5.41, 5.74) is 9.39. The van der Waals surface area contributed by atoms with Crippen LogP contribution in [0.5, 0.6) is 0 Å². The molecular formula is C7H15N3O3. The molecule has 0 heterocycles. The zero-order chi connectivity index (χ0) is 10.5. The Kier molecular flexibility index (Phi) is 4.36. The first-order chi connectivity index (χ1) is 5.90. The molecule has 0 saturated carbocycles. The normalized spacial score (nSPS) is 11.0. The number of amides is 1. The largest absolute Gasteiger partial charge is 0.481 e. The summed E-state index contributed by atoms with van der Waals surface area (Å²) in [6.07, 6.45) is 0.164. The van der Waals surface area contributed by atoms with E-state index in [0.717, 1.165) is 0 Å². The van der Waals surface area contributed by atoms with Crippen molar-refractivity contribution in [2.24, 2.45) is 11.5 Å². The molecule has 0 aliphatic carbocycles. The van der Waals surface area contributed by atoms with Crippen LogP contribution in [0.25, 0.3) is 0 Å². The molecule has 0 saturated heterocycles. The Labute approximate surface area is 76.3 Å². The first kappa shape index (κ1) is 11.9. The standard InChI is InChI=1S/C7H15N3O3/c1-2-7(8,9)6(13)10-4-3-5(11)12/h2-4,8-9H2,1H3,(H,10,13)(H,11,12). The molecule has 6 N–H and O–H groups in total. The van der Waals surface area contributed by atoms with E-state index in [1.54, 1.807) is 6.92 Å². The van der Waals surface area contributed by atoms with Gasteiger partial charge < -0.3 is 21.9 Å². The van der Waals surface area contributed by atoms with E-state index in [2.05, 4.69) is 5.32 Å². The topological polar surface area (TPSA) is 118 Å². The molecule has 0 bridgehead atoms. The lowest BCUT2D eigenvalue weighted by Crippen LogP contribution is -2.60. The Hall–Kier alpha value is -1.14. The Morgan fingerprint density at radius 2 is 2.00 bits per heavy atom. The minimum Gasteiger partial charge on any atom is -0.481 e. The molecule has 0 aromatic carbocycles. The predicted octanol–water partition coefficient (Wildman–Crippen LogP) is -1.40. The van der Waals surface area contributed by atoms with Gasteiger partial charge in [0, 0.05) is 6.54 Å². The average Bonchev–Trinajstić information content (AvgIpc) is 2.03. The zero-order valence-electron chi connectivity index (χ0n) is 7.54. The molecule has 76 valence electrons. The van der Waals surface area contributed by atoms with Crippen molar-refractivity contribution in [1.29, 1.82) is 0 Å². The number of hydrogen-bond donors (Lipinski definition) is 4. The molecule has 6 heteroatoms. The van der Waals surface area contributed by atoms with E-state index in [-0.39, 0.29) is 13.0 Å². The van der Waals surface area contributed by atoms with Gasteiger partial charge in [0.25, 0.3) is 5.91 Å². The molecule has 0 aromatic heterocycles. The molecule has 0 spiro atoms. The Morgan fingerprint density at radius 1 is 1.46 bits per heavy atom. The number of nitrogens with two attached hydrogens (primary N) is 2. The lowest BCUT2D eigenvalue weighted by atomic mass is 10.1. The minimum atomic E-state index is -1.40. The monoisotopic (exact) mass is 189 g/mol. The van der Waals surface area contributed by atoms with Crippen molar-refractivity contribution in [1.82, 2.24) is 5.32 Å². The van der Waals surface area contributed by atoms with Crippen molar-refractivity contribution >= 4 is 11.9 Å². The van der Waals surface area contributed by atoms with Crippen LogP contribution in [0.3, 0.4) is 0 Å². The number of carboxylic acids is 1. The third-order valence-corrected chi connectivity index (χ3v) is 1.63. The maximum absolute atomic E-state index is 11.1. The van der Waals surface area contributed by atoms with Crippen molar-refractivity contribution in [3.63, 3.8) is 0 Å². The van der Waals surface area contributed by atoms with Crippen LogP contribution in [-0.2, 0) is 9.59 Å². The molecule has 13 heavy (non-hydrogen) atoms. The molecule has 0 fully saturated rings. The van der Waals surface area contributed by atoms with Gasteiger partial charge in [-0.3, -0.25) is 9.59 Å². The van der Waals surface area contributed by atoms with E-state index in [0.29, 0.717) is 6.42 Å². The number of hydrogen-bond acceptors (Lipinski definition) is 4. The molecule has 0 atom stereocenters. The van der Waals surface area contributed by atoms with Crippen LogP contribution in [0.1, 0.15) is 19.8 Å². The first-order valence-electron chi connectivity index (χ1n) is 3.98. The summed E-state index contributed by atoms with van der Waals surface area (Å²) in [4.78, 5) is 21.2. The molecule has 0 radical (unpaired) electrons. The number of carbonyl (C=O) groups is 2. The fourth-order valence-electron chi connectivity index (χ4n) is 0.608. The second-order valence-corrected chi connectivity index (χ2v) is 2.79. The van der Waals surface area contributed by atoms with Gasteiger partial charge in [0.2, 0.25) is 0 Å². The van der Waals surface area contributed by atoms with Crippen molar-refractivity contribution < 1.29 is 14.7 Å². The van der Waals surface area contributed by atoms with Crippen LogP contribution < -0.4 is 16.8 Å². The van der Waals surface area contributed by atoms with Crippen molar-refractivity contribution in [3.05, 3.63) is 0 Å². The number of carbonyl (C=O) groups excluding carboxylic acids is 1. The molecule has 6 nitrogen and oxygen atoms in total. The van der Waals surface area contributed by atoms with Gasteiger partial charge in [0.1, 0.15) is 5.66 Å². The van der Waals surface area contributed by atoms with Gasteiger partial charge >= 0.3 is 5.97 Å². The second-order valence-electron chi connectivity index (χ2n) is 2.79. The highest BCUT2D eigenvalue weighted by Crippen LogP contribution is 1.96. The van der Waals surface area contributed by atoms with E-state index in [9.17, 15) is 9.59 Å². The Bertz CT molecular complexity index is 203. The third kappa shape index (κ3) is 4.44. The van der Waals surface area contributed by atoms with Crippen LogP contribution in [0.15, 0.2) is 0 Å². The predicted molar refractivity (Wildman–Crippen MR) is 46.7 cm³/mol. The van der Waals surface area contributed by atoms with Gasteiger partial charge in [-0.2, -0.15) is 0 Å². The summed E-state index contributed by atoms with van der Waals surface area (Å²) in [5.74, 6) is -1.51. The lowest BCUT2D eigenvalue weighted by molar-refractivity contribution is -0.137. The van der Waals surface area contributed by atoms with Gasteiger partial charge in [-0.15, -0.1) is 0 Å². The SMILES string of the molecule is CCC(N)(N)C(=O)NCCC(=O)O. The number of carboxylic acid groups (broad SMARTS) is 1. The molecule has 0 aliphatic rings. The fourth-order valence-corrected chi connectivity index (χ4v) is 0.608. The van der Waals surface area contributed by atoms with Gasteiger partial charge in [-0.1, -0.05) is 6.92 Å². The quantitative estimate of drug-likeness (QED) is 0.397. The molecule has 0 unspecified atom stereocenters. The van der Waals surface area contributed by atoms with E-state index in [4.69, 9.17) is 16.6 Å². The highest BCUT2D eigenvalue weighted by molar-refractivity contribution is 5.85. The number of nitrogens with one attached hydrogen (secondary N) is 1. The van der Waals surface area contributed by atoms with Crippen molar-refractivity contribution in [2.75, 3.05) is 6.54 Å². The van der Waals surface area contributed by atoms with Crippen LogP contribution in [0, 0.1) is 0 Å². The second kappa shape index (κ2) is 4.78. The van der Waals surface area contributed by atoms with Crippen molar-refractivity contribution in [2.45, 2.75) is 25.4 Å². The molecule has 0 rings (SSSR count). The minimum absolute atomic E-state index is 0.0459. The highest BCUT2D eigenvalue weighted by Gasteiger charge is 2.26. The molecule has 0 aromatic rings. The molecule has 1 amide bonds.